The van der Waals surface area contributed by atoms with Crippen molar-refractivity contribution in [3.63, 3.8) is 0 Å². The second-order valence-corrected chi connectivity index (χ2v) is 4.88. The van der Waals surface area contributed by atoms with Crippen LogP contribution in [0.15, 0.2) is 28.9 Å². The third-order valence-electron chi connectivity index (χ3n) is 3.43. The lowest BCUT2D eigenvalue weighted by molar-refractivity contribution is 0.156. The van der Waals surface area contributed by atoms with Gasteiger partial charge in [-0.15, -0.1) is 0 Å². The van der Waals surface area contributed by atoms with E-state index in [1.807, 2.05) is 6.92 Å². The fourth-order valence-electron chi connectivity index (χ4n) is 2.02. The number of hydrogen-bond donors (Lipinski definition) is 0. The van der Waals surface area contributed by atoms with Crippen LogP contribution in [0.2, 0.25) is 0 Å². The molecule has 0 radical (unpaired) electrons. The fourth-order valence-corrected chi connectivity index (χ4v) is 2.02. The lowest BCUT2D eigenvalue weighted by atomic mass is 10.1. The molecule has 2 heterocycles. The Bertz CT molecular complexity index is 397. The maximum Gasteiger partial charge on any atom is 0.207 e. The lowest BCUT2D eigenvalue weighted by Crippen LogP contribution is -2.35. The zero-order chi connectivity index (χ0) is 12.6. The third-order valence-corrected chi connectivity index (χ3v) is 3.43. The van der Waals surface area contributed by atoms with Gasteiger partial charge in [-0.2, -0.15) is 0 Å². The first-order chi connectivity index (χ1) is 7.99. The average molecular weight is 235 g/mol. The monoisotopic (exact) mass is 235 g/mol. The van der Waals surface area contributed by atoms with Crippen LogP contribution in [0.25, 0.3) is 0 Å². The number of hydrogen-bond acceptors (Lipinski definition) is 4. The minimum atomic E-state index is -0.103. The van der Waals surface area contributed by atoms with E-state index in [1.165, 1.54) is 5.57 Å². The predicted octanol–water partition coefficient (Wildman–Crippen LogP) is 1.47. The van der Waals surface area contributed by atoms with Gasteiger partial charge in [-0.3, -0.25) is 4.90 Å². The first-order valence-electron chi connectivity index (χ1n) is 5.93. The summed E-state index contributed by atoms with van der Waals surface area (Å²) in [5.74, 6) is -0.103. The molecule has 2 rings (SSSR count). The van der Waals surface area contributed by atoms with E-state index in [0.717, 1.165) is 12.3 Å². The van der Waals surface area contributed by atoms with Crippen molar-refractivity contribution in [1.29, 1.82) is 0 Å². The fraction of sp³-hybridized carbons (Fsp3) is 0.615. The molecule has 94 valence electrons. The van der Waals surface area contributed by atoms with Crippen LogP contribution in [0.5, 0.6) is 0 Å². The van der Waals surface area contributed by atoms with Gasteiger partial charge in [0, 0.05) is 24.6 Å². The van der Waals surface area contributed by atoms with E-state index in [-0.39, 0.29) is 11.9 Å². The van der Waals surface area contributed by atoms with E-state index in [4.69, 9.17) is 9.73 Å². The number of rotatable bonds is 4. The summed E-state index contributed by atoms with van der Waals surface area (Å²) in [7, 11) is 5.85. The quantitative estimate of drug-likeness (QED) is 0.691. The molecule has 0 spiro atoms. The number of aliphatic imine (C=N–C) groups is 1. The molecule has 0 aromatic rings. The minimum absolute atomic E-state index is 0.103. The molecule has 0 bridgehead atoms. The molecule has 1 saturated heterocycles. The van der Waals surface area contributed by atoms with Gasteiger partial charge in [0.1, 0.15) is 0 Å². The van der Waals surface area contributed by atoms with Crippen molar-refractivity contribution < 1.29 is 4.74 Å². The summed E-state index contributed by atoms with van der Waals surface area (Å²) in [5, 5.41) is 0. The van der Waals surface area contributed by atoms with E-state index in [1.54, 1.807) is 7.11 Å². The smallest absolute Gasteiger partial charge is 0.207 e. The molecule has 2 aliphatic heterocycles. The number of allylic oxidation sites excluding steroid dienone is 2. The van der Waals surface area contributed by atoms with Crippen molar-refractivity contribution in [3.8, 4) is 0 Å². The molecule has 0 aromatic heterocycles. The Labute approximate surface area is 103 Å². The highest BCUT2D eigenvalue weighted by Gasteiger charge is 2.54. The summed E-state index contributed by atoms with van der Waals surface area (Å²) >= 11 is 0. The van der Waals surface area contributed by atoms with E-state index in [2.05, 4.69) is 49.2 Å². The lowest BCUT2D eigenvalue weighted by Gasteiger charge is -2.24. The van der Waals surface area contributed by atoms with Gasteiger partial charge in [-0.25, -0.2) is 4.99 Å². The molecule has 2 aliphatic rings. The Balaban J connectivity index is 2.12. The first kappa shape index (κ1) is 12.3. The molecule has 2 unspecified atom stereocenters. The van der Waals surface area contributed by atoms with Gasteiger partial charge < -0.3 is 9.64 Å². The van der Waals surface area contributed by atoms with E-state index < -0.39 is 0 Å². The van der Waals surface area contributed by atoms with Gasteiger partial charge in [0.25, 0.3) is 0 Å². The number of likely N-dealkylation sites (N-methyl/N-ethyl adjacent to an activating group) is 1. The van der Waals surface area contributed by atoms with Crippen molar-refractivity contribution in [1.82, 2.24) is 9.80 Å². The number of nitrogens with zero attached hydrogens (tertiary/aromatic N) is 3. The van der Waals surface area contributed by atoms with Gasteiger partial charge in [0.15, 0.2) is 0 Å². The average Bonchev–Trinajstić information content (AvgIpc) is 2.99. The minimum Gasteiger partial charge on any atom is -0.378 e. The van der Waals surface area contributed by atoms with Gasteiger partial charge in [0.2, 0.25) is 5.79 Å². The van der Waals surface area contributed by atoms with Crippen LogP contribution in [0.3, 0.4) is 0 Å². The van der Waals surface area contributed by atoms with Crippen LogP contribution in [-0.2, 0) is 4.74 Å². The SMILES string of the molecule is COC(C)C=CC1=CN2CC2(N(C)C)N=C1C. The Hall–Kier alpha value is -1.13. The van der Waals surface area contributed by atoms with Crippen molar-refractivity contribution in [2.45, 2.75) is 25.7 Å². The Kier molecular flexibility index (Phi) is 3.10. The second kappa shape index (κ2) is 4.27. The third kappa shape index (κ3) is 2.15. The molecule has 1 fully saturated rings. The maximum atomic E-state index is 5.20. The summed E-state index contributed by atoms with van der Waals surface area (Å²) in [4.78, 5) is 9.19. The summed E-state index contributed by atoms with van der Waals surface area (Å²) in [6.07, 6.45) is 6.46. The highest BCUT2D eigenvalue weighted by atomic mass is 16.5. The molecule has 0 aromatic carbocycles. The maximum absolute atomic E-state index is 5.20. The summed E-state index contributed by atoms with van der Waals surface area (Å²) in [6, 6.07) is 0. The van der Waals surface area contributed by atoms with Gasteiger partial charge in [-0.1, -0.05) is 12.2 Å². The van der Waals surface area contributed by atoms with Crippen LogP contribution in [-0.4, -0.2) is 55.2 Å². The second-order valence-electron chi connectivity index (χ2n) is 4.88. The molecule has 0 amide bonds. The van der Waals surface area contributed by atoms with Crippen molar-refractivity contribution in [3.05, 3.63) is 23.9 Å². The Morgan fingerprint density at radius 1 is 1.59 bits per heavy atom. The summed E-state index contributed by atoms with van der Waals surface area (Å²) in [5.41, 5.74) is 2.26. The van der Waals surface area contributed by atoms with Gasteiger partial charge in [-0.05, 0) is 27.9 Å². The molecule has 4 heteroatoms. The predicted molar refractivity (Wildman–Crippen MR) is 69.9 cm³/mol. The molecule has 0 N–H and O–H groups in total. The van der Waals surface area contributed by atoms with Crippen molar-refractivity contribution in [2.75, 3.05) is 27.7 Å². The van der Waals surface area contributed by atoms with Crippen LogP contribution >= 0.6 is 0 Å². The number of ether oxygens (including phenoxy) is 1. The molecule has 0 saturated carbocycles. The summed E-state index contributed by atoms with van der Waals surface area (Å²) < 4.78 is 5.20. The highest BCUT2D eigenvalue weighted by molar-refractivity contribution is 6.01. The largest absolute Gasteiger partial charge is 0.378 e. The van der Waals surface area contributed by atoms with Crippen molar-refractivity contribution in [2.24, 2.45) is 4.99 Å². The van der Waals surface area contributed by atoms with Crippen LogP contribution < -0.4 is 0 Å². The van der Waals surface area contributed by atoms with Crippen LogP contribution in [0, 0.1) is 0 Å². The zero-order valence-electron chi connectivity index (χ0n) is 11.3. The molecule has 17 heavy (non-hydrogen) atoms. The zero-order valence-corrected chi connectivity index (χ0v) is 11.3. The summed E-state index contributed by atoms with van der Waals surface area (Å²) in [6.45, 7) is 5.07. The normalized spacial score (nSPS) is 29.2. The highest BCUT2D eigenvalue weighted by Crippen LogP contribution is 2.40. The molecular formula is C13H21N3O. The van der Waals surface area contributed by atoms with Crippen molar-refractivity contribution >= 4 is 5.71 Å². The van der Waals surface area contributed by atoms with E-state index in [9.17, 15) is 0 Å². The van der Waals surface area contributed by atoms with Crippen LogP contribution in [0.4, 0.5) is 0 Å². The topological polar surface area (TPSA) is 27.8 Å². The standard InChI is InChI=1S/C13H21N3O/c1-10(17-5)6-7-12-8-16-9-13(16,15(3)4)14-11(12)2/h6-8,10H,9H2,1-5H3. The van der Waals surface area contributed by atoms with Crippen LogP contribution in [0.1, 0.15) is 13.8 Å². The molecule has 2 atom stereocenters. The Morgan fingerprint density at radius 2 is 2.29 bits per heavy atom. The number of methoxy groups -OCH3 is 1. The van der Waals surface area contributed by atoms with Gasteiger partial charge in [0.05, 0.1) is 12.6 Å². The number of fused-ring (bicyclic) bond motifs is 1. The van der Waals surface area contributed by atoms with Gasteiger partial charge >= 0.3 is 0 Å². The Morgan fingerprint density at radius 3 is 2.88 bits per heavy atom. The molecular weight excluding hydrogens is 214 g/mol. The molecule has 0 aliphatic carbocycles. The first-order valence-corrected chi connectivity index (χ1v) is 5.93. The van der Waals surface area contributed by atoms with E-state index in [0.29, 0.717) is 0 Å². The van der Waals surface area contributed by atoms with E-state index >= 15 is 0 Å². The molecule has 4 nitrogen and oxygen atoms in total.